The Balaban J connectivity index is 1.40. The van der Waals surface area contributed by atoms with E-state index in [1.54, 1.807) is 21.0 Å². The van der Waals surface area contributed by atoms with Crippen molar-refractivity contribution in [2.45, 2.75) is 51.2 Å². The van der Waals surface area contributed by atoms with E-state index in [1.165, 1.54) is 10.9 Å². The third-order valence-corrected chi connectivity index (χ3v) is 7.97. The van der Waals surface area contributed by atoms with Crippen LogP contribution >= 0.6 is 0 Å². The highest BCUT2D eigenvalue weighted by Gasteiger charge is 2.30. The third kappa shape index (κ3) is 5.89. The van der Waals surface area contributed by atoms with Gasteiger partial charge in [-0.2, -0.15) is 0 Å². The van der Waals surface area contributed by atoms with Crippen molar-refractivity contribution in [3.05, 3.63) is 114 Å². The molecule has 0 unspecified atom stereocenters. The summed E-state index contributed by atoms with van der Waals surface area (Å²) in [5.41, 5.74) is 10.6. The molecule has 0 bridgehead atoms. The van der Waals surface area contributed by atoms with E-state index < -0.39 is 11.6 Å². The van der Waals surface area contributed by atoms with E-state index in [2.05, 4.69) is 50.3 Å². The molecule has 0 aliphatic heterocycles. The number of rotatable bonds is 11. The zero-order valence-corrected chi connectivity index (χ0v) is 24.7. The first-order chi connectivity index (χ1) is 20.8. The minimum atomic E-state index is -1.07. The molecule has 5 N–H and O–H groups in total. The number of aryl methyl sites for hydroxylation is 2. The summed E-state index contributed by atoms with van der Waals surface area (Å²) in [6.45, 7) is 3.90. The molecule has 220 valence electrons. The number of para-hydroxylation sites is 3. The van der Waals surface area contributed by atoms with Gasteiger partial charge in [-0.25, -0.2) is 0 Å². The fourth-order valence-corrected chi connectivity index (χ4v) is 5.62. The van der Waals surface area contributed by atoms with Gasteiger partial charge >= 0.3 is 0 Å². The molecule has 0 aliphatic rings. The molecular formula is C34H37N7O2. The lowest BCUT2D eigenvalue weighted by Gasteiger charge is -2.25. The lowest BCUT2D eigenvalue weighted by Crippen LogP contribution is -2.50. The second-order valence-electron chi connectivity index (χ2n) is 11.5. The van der Waals surface area contributed by atoms with Crippen molar-refractivity contribution in [1.82, 2.24) is 30.0 Å². The predicted octanol–water partition coefficient (Wildman–Crippen LogP) is 5.22. The van der Waals surface area contributed by atoms with Crippen LogP contribution in [0.3, 0.4) is 0 Å². The van der Waals surface area contributed by atoms with Gasteiger partial charge in [0.25, 0.3) is 0 Å². The second kappa shape index (κ2) is 11.8. The van der Waals surface area contributed by atoms with Crippen molar-refractivity contribution in [2.75, 3.05) is 7.11 Å². The molecule has 0 saturated heterocycles. The Morgan fingerprint density at radius 3 is 2.21 bits per heavy atom. The number of H-pyrrole nitrogens is 2. The maximum absolute atomic E-state index is 13.3. The van der Waals surface area contributed by atoms with E-state index in [9.17, 15) is 4.79 Å². The van der Waals surface area contributed by atoms with Gasteiger partial charge in [0.15, 0.2) is 5.82 Å². The lowest BCUT2D eigenvalue weighted by atomic mass is 10.0. The highest BCUT2D eigenvalue weighted by molar-refractivity contribution is 5.86. The first-order valence-electron chi connectivity index (χ1n) is 14.6. The molecule has 6 aromatic rings. The summed E-state index contributed by atoms with van der Waals surface area (Å²) >= 11 is 0. The molecule has 6 rings (SSSR count). The number of hydrogen-bond acceptors (Lipinski definition) is 5. The number of nitrogens with zero attached hydrogens (tertiary/aromatic N) is 3. The Kier molecular flexibility index (Phi) is 7.73. The molecule has 9 heteroatoms. The summed E-state index contributed by atoms with van der Waals surface area (Å²) in [4.78, 5) is 20.0. The largest absolute Gasteiger partial charge is 0.496 e. The number of methoxy groups -OCH3 is 1. The van der Waals surface area contributed by atoms with Crippen molar-refractivity contribution in [1.29, 1.82) is 0 Å². The van der Waals surface area contributed by atoms with Gasteiger partial charge in [-0.05, 0) is 49.6 Å². The minimum Gasteiger partial charge on any atom is -0.496 e. The number of nitrogens with one attached hydrogen (secondary N) is 3. The van der Waals surface area contributed by atoms with Crippen LogP contribution in [0, 0.1) is 0 Å². The molecule has 3 heterocycles. The Morgan fingerprint density at radius 1 is 0.884 bits per heavy atom. The van der Waals surface area contributed by atoms with Crippen molar-refractivity contribution in [2.24, 2.45) is 5.73 Å². The summed E-state index contributed by atoms with van der Waals surface area (Å²) in [7, 11) is 1.67. The first kappa shape index (κ1) is 28.2. The molecule has 9 nitrogen and oxygen atoms in total. The van der Waals surface area contributed by atoms with Crippen LogP contribution in [-0.4, -0.2) is 43.3 Å². The van der Waals surface area contributed by atoms with Crippen LogP contribution in [-0.2, 0) is 30.6 Å². The monoisotopic (exact) mass is 575 g/mol. The molecule has 0 aliphatic carbocycles. The van der Waals surface area contributed by atoms with E-state index in [0.717, 1.165) is 45.5 Å². The van der Waals surface area contributed by atoms with Gasteiger partial charge in [0.1, 0.15) is 11.6 Å². The van der Waals surface area contributed by atoms with Crippen LogP contribution in [0.5, 0.6) is 5.75 Å². The van der Waals surface area contributed by atoms with Crippen molar-refractivity contribution >= 4 is 27.7 Å². The SMILES string of the molecule is COc1ccccc1Cn1c(CCc2c[nH]c3ccccc23)nnc1[C@@H](Cc1c[nH]c2ccccc12)NC(=O)C(C)(C)N. The topological polar surface area (TPSA) is 127 Å². The minimum absolute atomic E-state index is 0.260. The molecular weight excluding hydrogens is 538 g/mol. The van der Waals surface area contributed by atoms with Crippen LogP contribution in [0.2, 0.25) is 0 Å². The number of fused-ring (bicyclic) bond motifs is 2. The number of carbonyl (C=O) groups excluding carboxylic acids is 1. The first-order valence-corrected chi connectivity index (χ1v) is 14.6. The number of aromatic amines is 2. The normalized spacial score (nSPS) is 12.6. The van der Waals surface area contributed by atoms with Gasteiger partial charge < -0.3 is 30.3 Å². The smallest absolute Gasteiger partial charge is 0.240 e. The maximum Gasteiger partial charge on any atom is 0.240 e. The van der Waals surface area contributed by atoms with Gasteiger partial charge in [0.2, 0.25) is 5.91 Å². The van der Waals surface area contributed by atoms with E-state index >= 15 is 0 Å². The predicted molar refractivity (Wildman–Crippen MR) is 169 cm³/mol. The number of amides is 1. The highest BCUT2D eigenvalue weighted by atomic mass is 16.5. The van der Waals surface area contributed by atoms with E-state index in [4.69, 9.17) is 20.7 Å². The van der Waals surface area contributed by atoms with Gasteiger partial charge in [0, 0.05) is 52.6 Å². The van der Waals surface area contributed by atoms with Gasteiger partial charge in [-0.1, -0.05) is 54.6 Å². The number of hydrogen-bond donors (Lipinski definition) is 4. The number of benzene rings is 3. The number of aromatic nitrogens is 5. The van der Waals surface area contributed by atoms with Crippen LogP contribution in [0.25, 0.3) is 21.8 Å². The van der Waals surface area contributed by atoms with E-state index in [-0.39, 0.29) is 5.91 Å². The second-order valence-corrected chi connectivity index (χ2v) is 11.5. The standard InChI is InChI=1S/C34H37N7O2/c1-34(2,35)33(42)38-29(18-24-20-37-28-14-8-6-12-26(24)28)32-40-39-31(41(32)21-23-10-4-9-15-30(23)43-3)17-16-22-19-36-27-13-7-5-11-25(22)27/h4-15,19-20,29,36-37H,16-18,21,35H2,1-3H3,(H,38,42)/t29-/m1/s1. The molecule has 1 amide bonds. The molecule has 0 saturated carbocycles. The molecule has 1 atom stereocenters. The molecule has 43 heavy (non-hydrogen) atoms. The summed E-state index contributed by atoms with van der Waals surface area (Å²) in [6.07, 6.45) is 6.02. The Labute approximate surface area is 250 Å². The Morgan fingerprint density at radius 2 is 1.51 bits per heavy atom. The molecule has 0 spiro atoms. The summed E-state index contributed by atoms with van der Waals surface area (Å²) < 4.78 is 7.82. The molecule has 0 fully saturated rings. The van der Waals surface area contributed by atoms with E-state index in [0.29, 0.717) is 25.2 Å². The highest BCUT2D eigenvalue weighted by Crippen LogP contribution is 2.28. The molecule has 3 aromatic carbocycles. The average molecular weight is 576 g/mol. The zero-order chi connectivity index (χ0) is 30.0. The summed E-state index contributed by atoms with van der Waals surface area (Å²) in [5, 5.41) is 14.9. The number of ether oxygens (including phenoxy) is 1. The van der Waals surface area contributed by atoms with Crippen LogP contribution < -0.4 is 15.8 Å². The zero-order valence-electron chi connectivity index (χ0n) is 24.7. The Bertz CT molecular complexity index is 1870. The van der Waals surface area contributed by atoms with Crippen LogP contribution in [0.4, 0.5) is 0 Å². The fraction of sp³-hybridized carbons (Fsp3) is 0.265. The van der Waals surface area contributed by atoms with Gasteiger partial charge in [-0.15, -0.1) is 10.2 Å². The van der Waals surface area contributed by atoms with Crippen molar-refractivity contribution < 1.29 is 9.53 Å². The van der Waals surface area contributed by atoms with E-state index in [1.807, 2.05) is 54.7 Å². The van der Waals surface area contributed by atoms with Crippen LogP contribution in [0.15, 0.2) is 85.2 Å². The summed E-state index contributed by atoms with van der Waals surface area (Å²) in [6, 6.07) is 23.9. The Hall–Kier alpha value is -4.89. The quantitative estimate of drug-likeness (QED) is 0.169. The molecule has 3 aromatic heterocycles. The van der Waals surface area contributed by atoms with Crippen LogP contribution in [0.1, 0.15) is 48.2 Å². The number of nitrogens with two attached hydrogens (primary N) is 1. The van der Waals surface area contributed by atoms with Gasteiger partial charge in [-0.3, -0.25) is 4.79 Å². The number of carbonyl (C=O) groups is 1. The summed E-state index contributed by atoms with van der Waals surface area (Å²) in [5.74, 6) is 2.02. The van der Waals surface area contributed by atoms with Gasteiger partial charge in [0.05, 0.1) is 25.2 Å². The van der Waals surface area contributed by atoms with Crippen molar-refractivity contribution in [3.8, 4) is 5.75 Å². The fourth-order valence-electron chi connectivity index (χ4n) is 5.62. The maximum atomic E-state index is 13.3. The van der Waals surface area contributed by atoms with Crippen molar-refractivity contribution in [3.63, 3.8) is 0 Å². The average Bonchev–Trinajstić information content (AvgIpc) is 3.73. The molecule has 0 radical (unpaired) electrons. The lowest BCUT2D eigenvalue weighted by molar-refractivity contribution is -0.126. The third-order valence-electron chi connectivity index (χ3n) is 7.97.